The van der Waals surface area contributed by atoms with Crippen LogP contribution in [-0.4, -0.2) is 31.5 Å². The Labute approximate surface area is 152 Å². The van der Waals surface area contributed by atoms with Crippen molar-refractivity contribution in [3.63, 3.8) is 0 Å². The maximum Gasteiger partial charge on any atom is 0.306 e. The SMILES string of the molecule is CCCCCCC(=O)N(Cc1ccc(OS(C)(=O)=O)cc1)C(C)CC. The Morgan fingerprint density at radius 2 is 1.76 bits per heavy atom. The lowest BCUT2D eigenvalue weighted by Crippen LogP contribution is -2.37. The summed E-state index contributed by atoms with van der Waals surface area (Å²) >= 11 is 0. The minimum atomic E-state index is -3.52. The van der Waals surface area contributed by atoms with Gasteiger partial charge < -0.3 is 9.08 Å². The molecule has 0 fully saturated rings. The molecule has 5 nitrogen and oxygen atoms in total. The monoisotopic (exact) mass is 369 g/mol. The van der Waals surface area contributed by atoms with Crippen molar-refractivity contribution in [2.75, 3.05) is 6.26 Å². The van der Waals surface area contributed by atoms with Gasteiger partial charge in [0, 0.05) is 19.0 Å². The van der Waals surface area contributed by atoms with Crippen molar-refractivity contribution in [1.29, 1.82) is 0 Å². The number of carbonyl (C=O) groups is 1. The summed E-state index contributed by atoms with van der Waals surface area (Å²) < 4.78 is 27.2. The molecule has 0 saturated carbocycles. The third-order valence-corrected chi connectivity index (χ3v) is 4.71. The van der Waals surface area contributed by atoms with Crippen LogP contribution >= 0.6 is 0 Å². The summed E-state index contributed by atoms with van der Waals surface area (Å²) in [5.74, 6) is 0.467. The summed E-state index contributed by atoms with van der Waals surface area (Å²) in [7, 11) is -3.52. The second-order valence-corrected chi connectivity index (χ2v) is 8.10. The fourth-order valence-corrected chi connectivity index (χ4v) is 3.04. The second-order valence-electron chi connectivity index (χ2n) is 6.52. The summed E-state index contributed by atoms with van der Waals surface area (Å²) in [6.45, 7) is 6.82. The fraction of sp³-hybridized carbons (Fsp3) is 0.632. The standard InChI is InChI=1S/C19H31NO4S/c1-5-7-8-9-10-19(21)20(16(3)6-2)15-17-11-13-18(14-12-17)24-25(4,22)23/h11-14,16H,5-10,15H2,1-4H3. The molecule has 0 spiro atoms. The van der Waals surface area contributed by atoms with E-state index in [1.807, 2.05) is 4.90 Å². The highest BCUT2D eigenvalue weighted by molar-refractivity contribution is 7.86. The van der Waals surface area contributed by atoms with E-state index in [0.717, 1.165) is 37.5 Å². The van der Waals surface area contributed by atoms with E-state index in [2.05, 4.69) is 20.8 Å². The molecule has 0 bridgehead atoms. The molecule has 0 aliphatic heterocycles. The van der Waals surface area contributed by atoms with Gasteiger partial charge in [-0.3, -0.25) is 4.79 Å². The molecule has 142 valence electrons. The minimum Gasteiger partial charge on any atom is -0.383 e. The number of hydrogen-bond acceptors (Lipinski definition) is 4. The predicted molar refractivity (Wildman–Crippen MR) is 101 cm³/mol. The summed E-state index contributed by atoms with van der Waals surface area (Å²) in [6.07, 6.45) is 6.84. The molecule has 1 atom stereocenters. The lowest BCUT2D eigenvalue weighted by atomic mass is 10.1. The normalized spacial score (nSPS) is 12.6. The molecule has 1 aromatic rings. The van der Waals surface area contributed by atoms with Crippen molar-refractivity contribution in [1.82, 2.24) is 4.90 Å². The molecule has 1 aromatic carbocycles. The van der Waals surface area contributed by atoms with E-state index in [1.54, 1.807) is 24.3 Å². The van der Waals surface area contributed by atoms with Crippen LogP contribution in [0.25, 0.3) is 0 Å². The largest absolute Gasteiger partial charge is 0.383 e. The van der Waals surface area contributed by atoms with Crippen molar-refractivity contribution >= 4 is 16.0 Å². The number of carbonyl (C=O) groups excluding carboxylic acids is 1. The Balaban J connectivity index is 2.72. The molecule has 0 aliphatic rings. The van der Waals surface area contributed by atoms with E-state index in [0.29, 0.717) is 13.0 Å². The molecule has 25 heavy (non-hydrogen) atoms. The van der Waals surface area contributed by atoms with E-state index < -0.39 is 10.1 Å². The van der Waals surface area contributed by atoms with Crippen molar-refractivity contribution < 1.29 is 17.4 Å². The van der Waals surface area contributed by atoms with Gasteiger partial charge in [-0.2, -0.15) is 8.42 Å². The number of amides is 1. The Bertz CT molecular complexity index is 625. The van der Waals surface area contributed by atoms with Crippen molar-refractivity contribution in [2.24, 2.45) is 0 Å². The van der Waals surface area contributed by atoms with Gasteiger partial charge >= 0.3 is 10.1 Å². The molecular formula is C19H31NO4S. The molecule has 0 heterocycles. The fourth-order valence-electron chi connectivity index (χ4n) is 2.58. The van der Waals surface area contributed by atoms with Gasteiger partial charge in [-0.15, -0.1) is 0 Å². The molecule has 0 radical (unpaired) electrons. The van der Waals surface area contributed by atoms with Crippen molar-refractivity contribution in [2.45, 2.75) is 71.9 Å². The maximum atomic E-state index is 12.6. The minimum absolute atomic E-state index is 0.172. The number of rotatable bonds is 11. The Kier molecular flexibility index (Phi) is 8.97. The van der Waals surface area contributed by atoms with Crippen LogP contribution in [0.2, 0.25) is 0 Å². The van der Waals surface area contributed by atoms with Gasteiger partial charge in [0.15, 0.2) is 0 Å². The highest BCUT2D eigenvalue weighted by Gasteiger charge is 2.19. The summed E-state index contributed by atoms with van der Waals surface area (Å²) in [5.41, 5.74) is 0.961. The van der Waals surface area contributed by atoms with E-state index in [1.165, 1.54) is 6.42 Å². The van der Waals surface area contributed by atoms with Gasteiger partial charge in [0.25, 0.3) is 0 Å². The maximum absolute atomic E-state index is 12.6. The molecule has 1 rings (SSSR count). The van der Waals surface area contributed by atoms with E-state index in [9.17, 15) is 13.2 Å². The van der Waals surface area contributed by atoms with Gasteiger partial charge in [0.2, 0.25) is 5.91 Å². The number of hydrogen-bond donors (Lipinski definition) is 0. The molecule has 6 heteroatoms. The summed E-state index contributed by atoms with van der Waals surface area (Å²) in [5, 5.41) is 0. The third kappa shape index (κ3) is 8.38. The third-order valence-electron chi connectivity index (χ3n) is 4.21. The quantitative estimate of drug-likeness (QED) is 0.435. The van der Waals surface area contributed by atoms with E-state index >= 15 is 0 Å². The van der Waals surface area contributed by atoms with Crippen LogP contribution in [0.4, 0.5) is 0 Å². The topological polar surface area (TPSA) is 63.7 Å². The number of unbranched alkanes of at least 4 members (excludes halogenated alkanes) is 3. The van der Waals surface area contributed by atoms with Gasteiger partial charge in [0.05, 0.1) is 6.26 Å². The molecular weight excluding hydrogens is 338 g/mol. The zero-order chi connectivity index (χ0) is 18.9. The van der Waals surface area contributed by atoms with Crippen LogP contribution < -0.4 is 4.18 Å². The summed E-state index contributed by atoms with van der Waals surface area (Å²) in [4.78, 5) is 14.5. The Morgan fingerprint density at radius 1 is 1.12 bits per heavy atom. The molecule has 0 N–H and O–H groups in total. The molecule has 1 unspecified atom stereocenters. The molecule has 0 aliphatic carbocycles. The number of benzene rings is 1. The van der Waals surface area contributed by atoms with Crippen molar-refractivity contribution in [3.8, 4) is 5.75 Å². The molecule has 1 amide bonds. The first-order valence-electron chi connectivity index (χ1n) is 9.04. The lowest BCUT2D eigenvalue weighted by Gasteiger charge is -2.29. The average Bonchev–Trinajstić information content (AvgIpc) is 2.55. The molecule has 0 saturated heterocycles. The zero-order valence-corrected chi connectivity index (χ0v) is 16.6. The predicted octanol–water partition coefficient (Wildman–Crippen LogP) is 4.12. The van der Waals surface area contributed by atoms with Crippen LogP contribution in [0.1, 0.15) is 64.9 Å². The van der Waals surface area contributed by atoms with Gasteiger partial charge in [-0.05, 0) is 37.5 Å². The van der Waals surface area contributed by atoms with Crippen LogP contribution in [0, 0.1) is 0 Å². The van der Waals surface area contributed by atoms with Gasteiger partial charge in [-0.1, -0.05) is 45.2 Å². The first-order valence-corrected chi connectivity index (χ1v) is 10.9. The second kappa shape index (κ2) is 10.4. The zero-order valence-electron chi connectivity index (χ0n) is 15.8. The van der Waals surface area contributed by atoms with Crippen LogP contribution in [0.15, 0.2) is 24.3 Å². The van der Waals surface area contributed by atoms with Gasteiger partial charge in [0.1, 0.15) is 5.75 Å². The first-order chi connectivity index (χ1) is 11.8. The smallest absolute Gasteiger partial charge is 0.306 e. The van der Waals surface area contributed by atoms with Crippen LogP contribution in [0.3, 0.4) is 0 Å². The van der Waals surface area contributed by atoms with E-state index in [4.69, 9.17) is 4.18 Å². The van der Waals surface area contributed by atoms with Gasteiger partial charge in [-0.25, -0.2) is 0 Å². The Hall–Kier alpha value is -1.56. The first kappa shape index (κ1) is 21.5. The highest BCUT2D eigenvalue weighted by Crippen LogP contribution is 2.18. The van der Waals surface area contributed by atoms with Crippen molar-refractivity contribution in [3.05, 3.63) is 29.8 Å². The lowest BCUT2D eigenvalue weighted by molar-refractivity contribution is -0.134. The van der Waals surface area contributed by atoms with Crippen LogP contribution in [0.5, 0.6) is 5.75 Å². The average molecular weight is 370 g/mol. The van der Waals surface area contributed by atoms with Crippen LogP contribution in [-0.2, 0) is 21.5 Å². The number of nitrogens with zero attached hydrogens (tertiary/aromatic N) is 1. The molecule has 0 aromatic heterocycles. The Morgan fingerprint density at radius 3 is 2.28 bits per heavy atom. The van der Waals surface area contributed by atoms with E-state index in [-0.39, 0.29) is 17.7 Å². The highest BCUT2D eigenvalue weighted by atomic mass is 32.2. The summed E-state index contributed by atoms with van der Waals surface area (Å²) in [6, 6.07) is 7.03.